The van der Waals surface area contributed by atoms with Crippen molar-refractivity contribution < 1.29 is 9.32 Å². The standard InChI is InChI=1S/C15H20N4O2/c1-11(2)8-19(9-13-6-4-5-7-16-13)15(20)17-14-10-21-18-12(14)3/h4-7,10-11H,8-9H2,1-3H3,(H,17,20). The van der Waals surface area contributed by atoms with Crippen molar-refractivity contribution in [3.8, 4) is 0 Å². The summed E-state index contributed by atoms with van der Waals surface area (Å²) in [6, 6.07) is 5.50. The molecule has 0 aromatic carbocycles. The molecule has 0 spiro atoms. The Bertz CT molecular complexity index is 580. The van der Waals surface area contributed by atoms with E-state index in [1.165, 1.54) is 6.26 Å². The highest BCUT2D eigenvalue weighted by Gasteiger charge is 2.17. The van der Waals surface area contributed by atoms with Gasteiger partial charge in [-0.25, -0.2) is 4.79 Å². The Kier molecular flexibility index (Phi) is 4.92. The number of aryl methyl sites for hydroxylation is 1. The van der Waals surface area contributed by atoms with Crippen LogP contribution in [0.3, 0.4) is 0 Å². The van der Waals surface area contributed by atoms with E-state index in [0.717, 1.165) is 5.69 Å². The van der Waals surface area contributed by atoms with Crippen molar-refractivity contribution in [2.75, 3.05) is 11.9 Å². The number of pyridine rings is 1. The van der Waals surface area contributed by atoms with Crippen molar-refractivity contribution in [1.29, 1.82) is 0 Å². The number of hydrogen-bond acceptors (Lipinski definition) is 4. The number of aromatic nitrogens is 2. The highest BCUT2D eigenvalue weighted by atomic mass is 16.5. The van der Waals surface area contributed by atoms with Gasteiger partial charge in [0.1, 0.15) is 17.6 Å². The molecule has 0 aliphatic carbocycles. The van der Waals surface area contributed by atoms with Crippen LogP contribution in [-0.2, 0) is 6.54 Å². The monoisotopic (exact) mass is 288 g/mol. The van der Waals surface area contributed by atoms with E-state index in [9.17, 15) is 4.79 Å². The number of urea groups is 1. The second kappa shape index (κ2) is 6.88. The molecule has 0 aliphatic heterocycles. The average molecular weight is 288 g/mol. The Balaban J connectivity index is 2.08. The van der Waals surface area contributed by atoms with Gasteiger partial charge in [-0.15, -0.1) is 0 Å². The van der Waals surface area contributed by atoms with Crippen LogP contribution < -0.4 is 5.32 Å². The number of anilines is 1. The number of carbonyl (C=O) groups excluding carboxylic acids is 1. The molecule has 2 rings (SSSR count). The van der Waals surface area contributed by atoms with Crippen LogP contribution in [0.4, 0.5) is 10.5 Å². The van der Waals surface area contributed by atoms with Gasteiger partial charge in [-0.05, 0) is 25.0 Å². The normalized spacial score (nSPS) is 10.7. The number of nitrogens with one attached hydrogen (secondary N) is 1. The van der Waals surface area contributed by atoms with Gasteiger partial charge in [0, 0.05) is 12.7 Å². The smallest absolute Gasteiger partial charge is 0.322 e. The molecule has 2 amide bonds. The van der Waals surface area contributed by atoms with E-state index < -0.39 is 0 Å². The van der Waals surface area contributed by atoms with Crippen LogP contribution in [0, 0.1) is 12.8 Å². The molecule has 1 N–H and O–H groups in total. The predicted octanol–water partition coefficient (Wildman–Crippen LogP) is 3.07. The second-order valence-electron chi connectivity index (χ2n) is 5.34. The van der Waals surface area contributed by atoms with Gasteiger partial charge >= 0.3 is 6.03 Å². The number of carbonyl (C=O) groups is 1. The molecule has 2 aromatic heterocycles. The zero-order valence-corrected chi connectivity index (χ0v) is 12.5. The Morgan fingerprint density at radius 3 is 2.81 bits per heavy atom. The summed E-state index contributed by atoms with van der Waals surface area (Å²) >= 11 is 0. The van der Waals surface area contributed by atoms with Gasteiger partial charge in [0.15, 0.2) is 0 Å². The molecule has 6 nitrogen and oxygen atoms in total. The summed E-state index contributed by atoms with van der Waals surface area (Å²) < 4.78 is 4.83. The lowest BCUT2D eigenvalue weighted by Crippen LogP contribution is -2.37. The van der Waals surface area contributed by atoms with Crippen molar-refractivity contribution in [3.63, 3.8) is 0 Å². The topological polar surface area (TPSA) is 71.3 Å². The first-order chi connectivity index (χ1) is 10.1. The maximum absolute atomic E-state index is 12.4. The van der Waals surface area contributed by atoms with Crippen LogP contribution in [0.2, 0.25) is 0 Å². The van der Waals surface area contributed by atoms with Crippen LogP contribution in [0.5, 0.6) is 0 Å². The number of rotatable bonds is 5. The number of nitrogens with zero attached hydrogens (tertiary/aromatic N) is 3. The molecule has 0 radical (unpaired) electrons. The summed E-state index contributed by atoms with van der Waals surface area (Å²) in [7, 11) is 0. The van der Waals surface area contributed by atoms with Gasteiger partial charge in [-0.1, -0.05) is 25.1 Å². The van der Waals surface area contributed by atoms with Crippen molar-refractivity contribution in [1.82, 2.24) is 15.0 Å². The van der Waals surface area contributed by atoms with E-state index in [2.05, 4.69) is 29.3 Å². The molecule has 0 atom stereocenters. The summed E-state index contributed by atoms with van der Waals surface area (Å²) in [5.41, 5.74) is 2.11. The Labute approximate surface area is 124 Å². The minimum atomic E-state index is -0.180. The maximum Gasteiger partial charge on any atom is 0.322 e. The van der Waals surface area contributed by atoms with Crippen molar-refractivity contribution >= 4 is 11.7 Å². The van der Waals surface area contributed by atoms with Gasteiger partial charge in [-0.3, -0.25) is 4.98 Å². The van der Waals surface area contributed by atoms with Crippen molar-refractivity contribution in [2.24, 2.45) is 5.92 Å². The van der Waals surface area contributed by atoms with Crippen LogP contribution in [-0.4, -0.2) is 27.6 Å². The fourth-order valence-electron chi connectivity index (χ4n) is 1.95. The molecule has 2 heterocycles. The zero-order chi connectivity index (χ0) is 15.2. The van der Waals surface area contributed by atoms with Gasteiger partial charge in [0.25, 0.3) is 0 Å². The molecule has 0 aliphatic rings. The van der Waals surface area contributed by atoms with Crippen molar-refractivity contribution in [3.05, 3.63) is 42.0 Å². The van der Waals surface area contributed by atoms with Gasteiger partial charge < -0.3 is 14.7 Å². The molecule has 0 saturated heterocycles. The Morgan fingerprint density at radius 2 is 2.24 bits per heavy atom. The summed E-state index contributed by atoms with van der Waals surface area (Å²) in [5.74, 6) is 0.364. The molecular formula is C15H20N4O2. The highest BCUT2D eigenvalue weighted by Crippen LogP contribution is 2.14. The summed E-state index contributed by atoms with van der Waals surface area (Å²) in [5, 5.41) is 6.57. The molecule has 2 aromatic rings. The van der Waals surface area contributed by atoms with E-state index in [1.807, 2.05) is 18.2 Å². The zero-order valence-electron chi connectivity index (χ0n) is 12.5. The third-order valence-electron chi connectivity index (χ3n) is 2.94. The second-order valence-corrected chi connectivity index (χ2v) is 5.34. The first kappa shape index (κ1) is 15.0. The minimum absolute atomic E-state index is 0.180. The van der Waals surface area contributed by atoms with Crippen LogP contribution >= 0.6 is 0 Å². The lowest BCUT2D eigenvalue weighted by Gasteiger charge is -2.24. The highest BCUT2D eigenvalue weighted by molar-refractivity contribution is 5.89. The van der Waals surface area contributed by atoms with E-state index in [1.54, 1.807) is 18.0 Å². The lowest BCUT2D eigenvalue weighted by molar-refractivity contribution is 0.201. The average Bonchev–Trinajstić information content (AvgIpc) is 2.84. The molecule has 0 fully saturated rings. The van der Waals surface area contributed by atoms with E-state index in [0.29, 0.717) is 30.4 Å². The third-order valence-corrected chi connectivity index (χ3v) is 2.94. The van der Waals surface area contributed by atoms with Gasteiger partial charge in [0.2, 0.25) is 0 Å². The largest absolute Gasteiger partial charge is 0.362 e. The SMILES string of the molecule is Cc1nocc1NC(=O)N(Cc1ccccn1)CC(C)C. The molecule has 6 heteroatoms. The van der Waals surface area contributed by atoms with Gasteiger partial charge in [0.05, 0.1) is 12.2 Å². The minimum Gasteiger partial charge on any atom is -0.362 e. The summed E-state index contributed by atoms with van der Waals surface area (Å²) in [6.07, 6.45) is 3.16. The fraction of sp³-hybridized carbons (Fsp3) is 0.400. The van der Waals surface area contributed by atoms with Crippen LogP contribution in [0.1, 0.15) is 25.2 Å². The van der Waals surface area contributed by atoms with Crippen LogP contribution in [0.15, 0.2) is 35.2 Å². The Morgan fingerprint density at radius 1 is 1.43 bits per heavy atom. The first-order valence-corrected chi connectivity index (χ1v) is 6.93. The van der Waals surface area contributed by atoms with Crippen LogP contribution in [0.25, 0.3) is 0 Å². The molecule has 0 saturated carbocycles. The fourth-order valence-corrected chi connectivity index (χ4v) is 1.95. The van der Waals surface area contributed by atoms with E-state index >= 15 is 0 Å². The Hall–Kier alpha value is -2.37. The van der Waals surface area contributed by atoms with E-state index in [-0.39, 0.29) is 6.03 Å². The van der Waals surface area contributed by atoms with Gasteiger partial charge in [-0.2, -0.15) is 0 Å². The lowest BCUT2D eigenvalue weighted by atomic mass is 10.2. The third kappa shape index (κ3) is 4.30. The number of amides is 2. The molecular weight excluding hydrogens is 268 g/mol. The molecule has 21 heavy (non-hydrogen) atoms. The predicted molar refractivity (Wildman–Crippen MR) is 79.7 cm³/mol. The number of hydrogen-bond donors (Lipinski definition) is 1. The maximum atomic E-state index is 12.4. The molecule has 112 valence electrons. The quantitative estimate of drug-likeness (QED) is 0.917. The first-order valence-electron chi connectivity index (χ1n) is 6.93. The molecule has 0 bridgehead atoms. The summed E-state index contributed by atoms with van der Waals surface area (Å²) in [6.45, 7) is 7.04. The molecule has 0 unspecified atom stereocenters. The van der Waals surface area contributed by atoms with E-state index in [4.69, 9.17) is 4.52 Å². The van der Waals surface area contributed by atoms with Crippen molar-refractivity contribution in [2.45, 2.75) is 27.3 Å². The summed E-state index contributed by atoms with van der Waals surface area (Å²) in [4.78, 5) is 18.4.